The summed E-state index contributed by atoms with van der Waals surface area (Å²) >= 11 is 5.51. The minimum Gasteiger partial charge on any atom is -0.267 e. The van der Waals surface area contributed by atoms with E-state index in [9.17, 15) is 28.1 Å². The summed E-state index contributed by atoms with van der Waals surface area (Å²) < 4.78 is 35.2. The third-order valence-corrected chi connectivity index (χ3v) is 2.13. The average Bonchev–Trinajstić information content (AvgIpc) is 2.27. The maximum atomic E-state index is 11.7. The molecule has 0 bridgehead atoms. The van der Waals surface area contributed by atoms with Gasteiger partial charge in [-0.15, -0.1) is 0 Å². The van der Waals surface area contributed by atoms with Crippen molar-refractivity contribution in [3.8, 4) is 0 Å². The Labute approximate surface area is 109 Å². The van der Waals surface area contributed by atoms with Crippen molar-refractivity contribution in [2.45, 2.75) is 6.18 Å². The molecule has 0 fully saturated rings. The third-order valence-electron chi connectivity index (χ3n) is 1.81. The van der Waals surface area contributed by atoms with Gasteiger partial charge < -0.3 is 0 Å². The summed E-state index contributed by atoms with van der Waals surface area (Å²) in [6, 6.07) is 3.02. The summed E-state index contributed by atoms with van der Waals surface area (Å²) in [5.74, 6) is -1.05. The van der Waals surface area contributed by atoms with Gasteiger partial charge in [0.25, 0.3) is 11.6 Å². The van der Waals surface area contributed by atoms with E-state index in [2.05, 4.69) is 4.84 Å². The number of nitro groups is 1. The van der Waals surface area contributed by atoms with Crippen LogP contribution >= 0.6 is 11.6 Å². The molecule has 1 aromatic carbocycles. The van der Waals surface area contributed by atoms with Crippen molar-refractivity contribution in [2.24, 2.45) is 0 Å². The van der Waals surface area contributed by atoms with Crippen molar-refractivity contribution in [3.05, 3.63) is 38.9 Å². The zero-order valence-electron chi connectivity index (χ0n) is 9.03. The van der Waals surface area contributed by atoms with Gasteiger partial charge in [0.2, 0.25) is 0 Å². The molecule has 104 valence electrons. The number of nitrogens with one attached hydrogen (secondary N) is 1. The number of hydrogen-bond donors (Lipinski definition) is 1. The number of rotatable bonds is 4. The van der Waals surface area contributed by atoms with Crippen molar-refractivity contribution in [3.63, 3.8) is 0 Å². The van der Waals surface area contributed by atoms with Crippen LogP contribution in [0.4, 0.5) is 18.9 Å². The lowest BCUT2D eigenvalue weighted by Gasteiger charge is -2.08. The number of nitrogens with zero attached hydrogens (tertiary/aromatic N) is 1. The lowest BCUT2D eigenvalue weighted by molar-refractivity contribution is -0.384. The van der Waals surface area contributed by atoms with Crippen LogP contribution in [0.3, 0.4) is 0 Å². The van der Waals surface area contributed by atoms with Crippen molar-refractivity contribution in [1.29, 1.82) is 0 Å². The van der Waals surface area contributed by atoms with E-state index < -0.39 is 29.3 Å². The van der Waals surface area contributed by atoms with E-state index in [0.29, 0.717) is 0 Å². The van der Waals surface area contributed by atoms with Gasteiger partial charge in [-0.05, 0) is 12.1 Å². The van der Waals surface area contributed by atoms with Crippen LogP contribution in [0.5, 0.6) is 0 Å². The quantitative estimate of drug-likeness (QED) is 0.684. The zero-order chi connectivity index (χ0) is 14.6. The average molecular weight is 299 g/mol. The Kier molecular flexibility index (Phi) is 4.67. The van der Waals surface area contributed by atoms with E-state index in [1.165, 1.54) is 5.48 Å². The Bertz CT molecular complexity index is 507. The van der Waals surface area contributed by atoms with Crippen LogP contribution in [0.25, 0.3) is 0 Å². The second-order valence-corrected chi connectivity index (χ2v) is 3.67. The van der Waals surface area contributed by atoms with Crippen molar-refractivity contribution < 1.29 is 27.7 Å². The predicted molar refractivity (Wildman–Crippen MR) is 57.6 cm³/mol. The molecule has 0 atom stereocenters. The first kappa shape index (κ1) is 15.2. The van der Waals surface area contributed by atoms with Gasteiger partial charge in [0, 0.05) is 11.6 Å². The molecule has 19 heavy (non-hydrogen) atoms. The maximum Gasteiger partial charge on any atom is 0.414 e. The molecule has 0 spiro atoms. The van der Waals surface area contributed by atoms with Crippen LogP contribution in [-0.4, -0.2) is 23.6 Å². The van der Waals surface area contributed by atoms with Crippen molar-refractivity contribution in [2.75, 3.05) is 6.61 Å². The van der Waals surface area contributed by atoms with Gasteiger partial charge >= 0.3 is 6.18 Å². The lowest BCUT2D eigenvalue weighted by atomic mass is 10.2. The smallest absolute Gasteiger partial charge is 0.267 e. The van der Waals surface area contributed by atoms with Crippen LogP contribution in [0.2, 0.25) is 5.02 Å². The largest absolute Gasteiger partial charge is 0.414 e. The Morgan fingerprint density at radius 1 is 1.47 bits per heavy atom. The molecule has 10 heteroatoms. The number of benzene rings is 1. The molecule has 0 radical (unpaired) electrons. The first-order chi connectivity index (χ1) is 8.70. The molecule has 0 aromatic heterocycles. The molecule has 1 N–H and O–H groups in total. The second-order valence-electron chi connectivity index (χ2n) is 3.26. The van der Waals surface area contributed by atoms with Crippen LogP contribution in [0, 0.1) is 10.1 Å². The van der Waals surface area contributed by atoms with Crippen LogP contribution in [0.15, 0.2) is 18.2 Å². The standard InChI is InChI=1S/C9H6ClF3N2O4/c10-6-2-1-5(3-7(6)15(17)18)8(16)14-19-4-9(11,12)13/h1-3H,4H2,(H,14,16). The zero-order valence-corrected chi connectivity index (χ0v) is 9.79. The molecule has 0 aliphatic carbocycles. The van der Waals surface area contributed by atoms with Gasteiger partial charge in [0.1, 0.15) is 5.02 Å². The fourth-order valence-electron chi connectivity index (χ4n) is 1.04. The van der Waals surface area contributed by atoms with Gasteiger partial charge in [-0.25, -0.2) is 5.48 Å². The molecule has 1 rings (SSSR count). The van der Waals surface area contributed by atoms with E-state index >= 15 is 0 Å². The van der Waals surface area contributed by atoms with E-state index in [-0.39, 0.29) is 10.6 Å². The normalized spacial score (nSPS) is 11.2. The molecular weight excluding hydrogens is 293 g/mol. The molecule has 0 unspecified atom stereocenters. The maximum absolute atomic E-state index is 11.7. The Balaban J connectivity index is 2.73. The highest BCUT2D eigenvalue weighted by atomic mass is 35.5. The SMILES string of the molecule is O=C(NOCC(F)(F)F)c1ccc(Cl)c([N+](=O)[O-])c1. The predicted octanol–water partition coefficient (Wildman–Crippen LogP) is 2.47. The first-order valence-electron chi connectivity index (χ1n) is 4.63. The molecule has 0 saturated carbocycles. The summed E-state index contributed by atoms with van der Waals surface area (Å²) in [6.07, 6.45) is -4.60. The number of alkyl halides is 3. The molecule has 6 nitrogen and oxygen atoms in total. The van der Waals surface area contributed by atoms with Gasteiger partial charge in [0.05, 0.1) is 4.92 Å². The van der Waals surface area contributed by atoms with Crippen molar-refractivity contribution in [1.82, 2.24) is 5.48 Å². The van der Waals surface area contributed by atoms with E-state index in [1.807, 2.05) is 0 Å². The molecule has 1 amide bonds. The Morgan fingerprint density at radius 3 is 2.63 bits per heavy atom. The number of carbonyl (C=O) groups excluding carboxylic acids is 1. The van der Waals surface area contributed by atoms with Crippen molar-refractivity contribution >= 4 is 23.2 Å². The van der Waals surface area contributed by atoms with Crippen LogP contribution < -0.4 is 5.48 Å². The molecular formula is C9H6ClF3N2O4. The summed E-state index contributed by atoms with van der Waals surface area (Å²) in [5, 5.41) is 10.4. The number of amides is 1. The van der Waals surface area contributed by atoms with Crippen LogP contribution in [0.1, 0.15) is 10.4 Å². The summed E-state index contributed by atoms with van der Waals surface area (Å²) in [4.78, 5) is 25.0. The number of halogens is 4. The van der Waals surface area contributed by atoms with Gasteiger partial charge in [-0.2, -0.15) is 13.2 Å². The van der Waals surface area contributed by atoms with Gasteiger partial charge in [-0.3, -0.25) is 19.7 Å². The molecule has 0 heterocycles. The van der Waals surface area contributed by atoms with Crippen LogP contribution in [-0.2, 0) is 4.84 Å². The van der Waals surface area contributed by atoms with E-state index in [4.69, 9.17) is 11.6 Å². The number of hydrogen-bond acceptors (Lipinski definition) is 4. The lowest BCUT2D eigenvalue weighted by Crippen LogP contribution is -2.29. The number of hydroxylamine groups is 1. The van der Waals surface area contributed by atoms with Gasteiger partial charge in [-0.1, -0.05) is 11.6 Å². The molecule has 1 aromatic rings. The topological polar surface area (TPSA) is 81.5 Å². The van der Waals surface area contributed by atoms with Gasteiger partial charge in [0.15, 0.2) is 6.61 Å². The minimum absolute atomic E-state index is 0.197. The summed E-state index contributed by atoms with van der Waals surface area (Å²) in [6.45, 7) is -1.67. The third kappa shape index (κ3) is 4.72. The molecule has 0 aliphatic heterocycles. The molecule has 0 saturated heterocycles. The Morgan fingerprint density at radius 2 is 2.11 bits per heavy atom. The fourth-order valence-corrected chi connectivity index (χ4v) is 1.22. The monoisotopic (exact) mass is 298 g/mol. The minimum atomic E-state index is -4.60. The number of carbonyl (C=O) groups is 1. The fraction of sp³-hybridized carbons (Fsp3) is 0.222. The van der Waals surface area contributed by atoms with E-state index in [1.54, 1.807) is 0 Å². The number of nitro benzene ring substituents is 1. The second kappa shape index (κ2) is 5.85. The highest BCUT2D eigenvalue weighted by Crippen LogP contribution is 2.25. The first-order valence-corrected chi connectivity index (χ1v) is 5.01. The van der Waals surface area contributed by atoms with E-state index in [0.717, 1.165) is 18.2 Å². The molecule has 0 aliphatic rings. The summed E-state index contributed by atoms with van der Waals surface area (Å²) in [5.41, 5.74) is 0.728. The highest BCUT2D eigenvalue weighted by Gasteiger charge is 2.28. The summed E-state index contributed by atoms with van der Waals surface area (Å²) in [7, 11) is 0. The Hall–Kier alpha value is -1.87. The highest BCUT2D eigenvalue weighted by molar-refractivity contribution is 6.32.